The van der Waals surface area contributed by atoms with Crippen LogP contribution in [0.5, 0.6) is 0 Å². The molecule has 0 aliphatic rings. The molecule has 0 radical (unpaired) electrons. The zero-order valence-corrected chi connectivity index (χ0v) is 23.5. The molecule has 0 saturated heterocycles. The van der Waals surface area contributed by atoms with Crippen molar-refractivity contribution in [3.8, 4) is 11.1 Å². The molecule has 196 valence electrons. The van der Waals surface area contributed by atoms with Crippen LogP contribution in [-0.2, 0) is 14.9 Å². The Labute approximate surface area is 216 Å². The summed E-state index contributed by atoms with van der Waals surface area (Å²) in [5, 5.41) is 2.65. The van der Waals surface area contributed by atoms with E-state index >= 15 is 0 Å². The first-order valence-electron chi connectivity index (χ1n) is 12.4. The van der Waals surface area contributed by atoms with Crippen molar-refractivity contribution in [3.63, 3.8) is 0 Å². The number of amidine groups is 1. The molecule has 1 unspecified atom stereocenters. The number of rotatable bonds is 4. The molecule has 0 fully saturated rings. The van der Waals surface area contributed by atoms with Gasteiger partial charge in [-0.3, -0.25) is 5.32 Å². The van der Waals surface area contributed by atoms with Gasteiger partial charge in [-0.25, -0.2) is 9.59 Å². The zero-order valence-electron chi connectivity index (χ0n) is 23.5. The number of benzene rings is 2. The molecule has 6 nitrogen and oxygen atoms in total. The number of hydrogen-bond acceptors (Lipinski definition) is 4. The fourth-order valence-corrected chi connectivity index (χ4v) is 3.54. The minimum Gasteiger partial charge on any atom is -0.444 e. The van der Waals surface area contributed by atoms with Gasteiger partial charge in [0.1, 0.15) is 17.0 Å². The van der Waals surface area contributed by atoms with Crippen LogP contribution in [0.2, 0.25) is 0 Å². The molecule has 1 atom stereocenters. The fraction of sp³-hybridized carbons (Fsp3) is 0.500. The Morgan fingerprint density at radius 1 is 0.833 bits per heavy atom. The summed E-state index contributed by atoms with van der Waals surface area (Å²) in [5.74, 6) is 0.167. The lowest BCUT2D eigenvalue weighted by molar-refractivity contribution is 0.0561. The van der Waals surface area contributed by atoms with Crippen LogP contribution in [-0.4, -0.2) is 29.2 Å². The van der Waals surface area contributed by atoms with E-state index in [9.17, 15) is 9.59 Å². The molecule has 0 aliphatic carbocycles. The van der Waals surface area contributed by atoms with E-state index in [4.69, 9.17) is 9.47 Å². The van der Waals surface area contributed by atoms with Gasteiger partial charge in [0.25, 0.3) is 0 Å². The second-order valence-corrected chi connectivity index (χ2v) is 12.2. The van der Waals surface area contributed by atoms with Crippen molar-refractivity contribution in [3.05, 3.63) is 59.7 Å². The van der Waals surface area contributed by atoms with E-state index in [0.717, 1.165) is 16.7 Å². The molecule has 6 heteroatoms. The van der Waals surface area contributed by atoms with Crippen LogP contribution in [0.3, 0.4) is 0 Å². The Hall–Kier alpha value is -3.15. The molecule has 2 aromatic rings. The van der Waals surface area contributed by atoms with Gasteiger partial charge in [-0.05, 0) is 75.1 Å². The Morgan fingerprint density at radius 3 is 1.94 bits per heavy atom. The van der Waals surface area contributed by atoms with Gasteiger partial charge in [0, 0.05) is 6.42 Å². The van der Waals surface area contributed by atoms with Gasteiger partial charge >= 0.3 is 12.2 Å². The Kier molecular flexibility index (Phi) is 9.11. The molecular formula is C30H42N2O4. The van der Waals surface area contributed by atoms with Crippen LogP contribution < -0.4 is 5.32 Å². The summed E-state index contributed by atoms with van der Waals surface area (Å²) in [4.78, 5) is 28.9. The summed E-state index contributed by atoms with van der Waals surface area (Å²) in [7, 11) is 0. The van der Waals surface area contributed by atoms with Crippen molar-refractivity contribution in [2.24, 2.45) is 4.99 Å². The van der Waals surface area contributed by atoms with E-state index in [0.29, 0.717) is 6.42 Å². The third-order valence-corrected chi connectivity index (χ3v) is 5.30. The number of hydrogen-bond donors (Lipinski definition) is 1. The quantitative estimate of drug-likeness (QED) is 0.345. The maximum absolute atomic E-state index is 12.4. The lowest BCUT2D eigenvalue weighted by Gasteiger charge is -2.22. The van der Waals surface area contributed by atoms with Gasteiger partial charge in [0.05, 0.1) is 0 Å². The number of alkyl carbamates (subject to hydrolysis) is 1. The molecule has 0 aromatic heterocycles. The molecule has 0 saturated carbocycles. The van der Waals surface area contributed by atoms with Gasteiger partial charge in [-0.1, -0.05) is 76.2 Å². The van der Waals surface area contributed by atoms with Crippen molar-refractivity contribution < 1.29 is 19.1 Å². The number of nitrogens with one attached hydrogen (secondary N) is 1. The van der Waals surface area contributed by atoms with Crippen molar-refractivity contribution in [1.82, 2.24) is 5.32 Å². The van der Waals surface area contributed by atoms with Crippen molar-refractivity contribution >= 4 is 18.0 Å². The summed E-state index contributed by atoms with van der Waals surface area (Å²) < 4.78 is 10.7. The van der Waals surface area contributed by atoms with Gasteiger partial charge in [0.2, 0.25) is 0 Å². The third-order valence-electron chi connectivity index (χ3n) is 5.30. The minimum absolute atomic E-state index is 0.0325. The third kappa shape index (κ3) is 9.84. The van der Waals surface area contributed by atoms with Crippen molar-refractivity contribution in [2.75, 3.05) is 0 Å². The number of amides is 2. The predicted molar refractivity (Wildman–Crippen MR) is 147 cm³/mol. The van der Waals surface area contributed by atoms with Crippen LogP contribution in [0.15, 0.2) is 53.5 Å². The second-order valence-electron chi connectivity index (χ2n) is 12.2. The van der Waals surface area contributed by atoms with Crippen molar-refractivity contribution in [1.29, 1.82) is 0 Å². The summed E-state index contributed by atoms with van der Waals surface area (Å²) >= 11 is 0. The number of nitrogens with zero attached hydrogens (tertiary/aromatic N) is 1. The number of aliphatic imine (C=N–C) groups is 1. The molecule has 0 spiro atoms. The minimum atomic E-state index is -0.756. The normalized spacial score (nSPS) is 13.7. The maximum Gasteiger partial charge on any atom is 0.435 e. The lowest BCUT2D eigenvalue weighted by Crippen LogP contribution is -2.37. The van der Waals surface area contributed by atoms with Crippen LogP contribution in [0, 0.1) is 0 Å². The molecule has 2 amide bonds. The molecule has 36 heavy (non-hydrogen) atoms. The summed E-state index contributed by atoms with van der Waals surface area (Å²) in [6.45, 7) is 19.3. The average molecular weight is 495 g/mol. The average Bonchev–Trinajstić information content (AvgIpc) is 2.70. The highest BCUT2D eigenvalue weighted by Gasteiger charge is 2.22. The van der Waals surface area contributed by atoms with Crippen LogP contribution >= 0.6 is 0 Å². The first-order valence-corrected chi connectivity index (χ1v) is 12.4. The van der Waals surface area contributed by atoms with E-state index < -0.39 is 23.4 Å². The lowest BCUT2D eigenvalue weighted by atomic mass is 9.86. The van der Waals surface area contributed by atoms with Crippen LogP contribution in [0.1, 0.15) is 92.7 Å². The summed E-state index contributed by atoms with van der Waals surface area (Å²) in [6, 6.07) is 16.9. The van der Waals surface area contributed by atoms with Gasteiger partial charge in [-0.15, -0.1) is 0 Å². The Balaban J connectivity index is 2.27. The standard InChI is InChI=1S/C30H42N2O4/c1-20(18-25(31-26(33)35-29(5,6)7)32-27(34)36-30(8,9)10)22-12-11-13-23(19-22)21-14-16-24(17-15-21)28(2,3)4/h11-17,19-20H,18H2,1-10H3,(H,31,32,33,34). The largest absolute Gasteiger partial charge is 0.444 e. The molecule has 0 bridgehead atoms. The second kappa shape index (κ2) is 11.3. The first kappa shape index (κ1) is 29.1. The molecular weight excluding hydrogens is 452 g/mol. The van der Waals surface area contributed by atoms with Crippen LogP contribution in [0.25, 0.3) is 11.1 Å². The molecule has 0 aliphatic heterocycles. The van der Waals surface area contributed by atoms with E-state index in [-0.39, 0.29) is 17.2 Å². The molecule has 1 N–H and O–H groups in total. The molecule has 2 rings (SSSR count). The SMILES string of the molecule is CC(CC(=NC(=O)OC(C)(C)C)NC(=O)OC(C)(C)C)c1cccc(-c2ccc(C(C)(C)C)cc2)c1. The first-order chi connectivity index (χ1) is 16.4. The number of ether oxygens (including phenoxy) is 2. The van der Waals surface area contributed by atoms with E-state index in [1.165, 1.54) is 5.56 Å². The van der Waals surface area contributed by atoms with Crippen LogP contribution in [0.4, 0.5) is 9.59 Å². The summed E-state index contributed by atoms with van der Waals surface area (Å²) in [6.07, 6.45) is -1.09. The van der Waals surface area contributed by atoms with E-state index in [2.05, 4.69) is 67.5 Å². The fourth-order valence-electron chi connectivity index (χ4n) is 3.54. The highest BCUT2D eigenvalue weighted by Crippen LogP contribution is 2.29. The monoisotopic (exact) mass is 494 g/mol. The number of carbonyl (C=O) groups is 2. The van der Waals surface area contributed by atoms with Gasteiger partial charge in [0.15, 0.2) is 0 Å². The highest BCUT2D eigenvalue weighted by atomic mass is 16.6. The predicted octanol–water partition coefficient (Wildman–Crippen LogP) is 8.00. The Bertz CT molecular complexity index is 1080. The maximum atomic E-state index is 12.4. The smallest absolute Gasteiger partial charge is 0.435 e. The molecule has 2 aromatic carbocycles. The van der Waals surface area contributed by atoms with Gasteiger partial charge < -0.3 is 9.47 Å². The zero-order chi connectivity index (χ0) is 27.3. The Morgan fingerprint density at radius 2 is 1.42 bits per heavy atom. The number of carbonyl (C=O) groups excluding carboxylic acids is 2. The molecule has 0 heterocycles. The summed E-state index contributed by atoms with van der Waals surface area (Å²) in [5.41, 5.74) is 3.31. The van der Waals surface area contributed by atoms with Crippen molar-refractivity contribution in [2.45, 2.75) is 98.2 Å². The highest BCUT2D eigenvalue weighted by molar-refractivity contribution is 6.00. The van der Waals surface area contributed by atoms with Gasteiger partial charge in [-0.2, -0.15) is 4.99 Å². The van der Waals surface area contributed by atoms with E-state index in [1.54, 1.807) is 41.5 Å². The van der Waals surface area contributed by atoms with E-state index in [1.807, 2.05) is 19.1 Å². The topological polar surface area (TPSA) is 77.0 Å².